The fraction of sp³-hybridized carbons (Fsp3) is 0.500. The van der Waals surface area contributed by atoms with Crippen LogP contribution >= 0.6 is 31.9 Å². The molecule has 0 saturated heterocycles. The first-order valence-corrected chi connectivity index (χ1v) is 3.71. The summed E-state index contributed by atoms with van der Waals surface area (Å²) >= 11 is 6.09. The van der Waals surface area contributed by atoms with Crippen LogP contribution in [0.3, 0.4) is 0 Å². The van der Waals surface area contributed by atoms with E-state index in [0.717, 1.165) is 0 Å². The number of hydrogen-bond acceptors (Lipinski definition) is 2. The van der Waals surface area contributed by atoms with Crippen LogP contribution in [0.2, 0.25) is 0 Å². The lowest BCUT2D eigenvalue weighted by Crippen LogP contribution is -1.94. The summed E-state index contributed by atoms with van der Waals surface area (Å²) in [5.74, 6) is 0. The smallest absolute Gasteiger partial charge is 0.169 e. The molecule has 0 unspecified atom stereocenters. The maximum absolute atomic E-state index is 8.22. The fourth-order valence-electron chi connectivity index (χ4n) is 0.175. The first kappa shape index (κ1) is 8.46. The van der Waals surface area contributed by atoms with Crippen LogP contribution < -0.4 is 0 Å². The molecule has 48 valence electrons. The molecule has 0 aliphatic heterocycles. The van der Waals surface area contributed by atoms with E-state index in [1.54, 1.807) is 4.99 Å². The largest absolute Gasteiger partial charge is 0.484 e. The zero-order valence-corrected chi connectivity index (χ0v) is 7.27. The highest BCUT2D eigenvalue weighted by atomic mass is 79.9. The highest BCUT2D eigenvalue weighted by Crippen LogP contribution is 2.07. The summed E-state index contributed by atoms with van der Waals surface area (Å²) in [6.45, 7) is 0.360. The molecule has 0 atom stereocenters. The van der Waals surface area contributed by atoms with Gasteiger partial charge in [0.15, 0.2) is 4.67 Å². The van der Waals surface area contributed by atoms with Gasteiger partial charge >= 0.3 is 0 Å². The SMILES string of the molecule is OCCOC(Br)=CBr. The van der Waals surface area contributed by atoms with E-state index in [-0.39, 0.29) is 6.61 Å². The second-order valence-corrected chi connectivity index (χ2v) is 2.22. The van der Waals surface area contributed by atoms with E-state index in [4.69, 9.17) is 9.84 Å². The van der Waals surface area contributed by atoms with Crippen molar-refractivity contribution in [3.05, 3.63) is 9.65 Å². The number of halogens is 2. The third-order valence-corrected chi connectivity index (χ3v) is 1.91. The lowest BCUT2D eigenvalue weighted by Gasteiger charge is -1.97. The molecule has 0 radical (unpaired) electrons. The van der Waals surface area contributed by atoms with Crippen molar-refractivity contribution >= 4 is 31.9 Å². The van der Waals surface area contributed by atoms with Crippen molar-refractivity contribution in [3.63, 3.8) is 0 Å². The number of ether oxygens (including phenoxy) is 1. The highest BCUT2D eigenvalue weighted by Gasteiger charge is 1.85. The van der Waals surface area contributed by atoms with Crippen molar-refractivity contribution in [2.24, 2.45) is 0 Å². The van der Waals surface area contributed by atoms with Gasteiger partial charge in [-0.05, 0) is 15.9 Å². The molecule has 0 spiro atoms. The molecule has 8 heavy (non-hydrogen) atoms. The van der Waals surface area contributed by atoms with Gasteiger partial charge in [-0.25, -0.2) is 0 Å². The molecule has 0 aliphatic rings. The quantitative estimate of drug-likeness (QED) is 0.766. The normalized spacial score (nSPS) is 11.6. The van der Waals surface area contributed by atoms with Gasteiger partial charge in [0, 0.05) is 4.99 Å². The van der Waals surface area contributed by atoms with E-state index in [1.807, 2.05) is 0 Å². The zero-order valence-electron chi connectivity index (χ0n) is 4.10. The summed E-state index contributed by atoms with van der Waals surface area (Å²) < 4.78 is 5.41. The first-order valence-electron chi connectivity index (χ1n) is 2.00. The minimum atomic E-state index is 0.0376. The van der Waals surface area contributed by atoms with Crippen molar-refractivity contribution < 1.29 is 9.84 Å². The van der Waals surface area contributed by atoms with Gasteiger partial charge in [-0.2, -0.15) is 0 Å². The van der Waals surface area contributed by atoms with Gasteiger partial charge in [-0.1, -0.05) is 15.9 Å². The van der Waals surface area contributed by atoms with Crippen LogP contribution in [0.25, 0.3) is 0 Å². The second kappa shape index (κ2) is 5.59. The Hall–Kier alpha value is 0.460. The van der Waals surface area contributed by atoms with Crippen LogP contribution in [-0.2, 0) is 4.74 Å². The molecule has 0 aliphatic carbocycles. The van der Waals surface area contributed by atoms with E-state index < -0.39 is 0 Å². The number of hydrogen-bond donors (Lipinski definition) is 1. The fourth-order valence-corrected chi connectivity index (χ4v) is 0.469. The van der Waals surface area contributed by atoms with Crippen LogP contribution in [0.5, 0.6) is 0 Å². The Kier molecular flexibility index (Phi) is 5.92. The molecule has 1 N–H and O–H groups in total. The zero-order chi connectivity index (χ0) is 6.41. The average Bonchev–Trinajstić information content (AvgIpc) is 1.83. The van der Waals surface area contributed by atoms with Gasteiger partial charge in [0.2, 0.25) is 0 Å². The van der Waals surface area contributed by atoms with Gasteiger partial charge in [0.05, 0.1) is 6.61 Å². The van der Waals surface area contributed by atoms with E-state index in [9.17, 15) is 0 Å². The average molecular weight is 246 g/mol. The maximum atomic E-state index is 8.22. The van der Waals surface area contributed by atoms with Gasteiger partial charge in [0.1, 0.15) is 6.61 Å². The molecule has 0 fully saturated rings. The van der Waals surface area contributed by atoms with Gasteiger partial charge < -0.3 is 9.84 Å². The van der Waals surface area contributed by atoms with Gasteiger partial charge in [-0.15, -0.1) is 0 Å². The summed E-state index contributed by atoms with van der Waals surface area (Å²) in [6, 6.07) is 0. The molecule has 0 amide bonds. The van der Waals surface area contributed by atoms with Crippen LogP contribution in [0, 0.1) is 0 Å². The third kappa shape index (κ3) is 4.61. The predicted octanol–water partition coefficient (Wildman–Crippen LogP) is 1.58. The molecule has 0 aromatic carbocycles. The molecular weight excluding hydrogens is 240 g/mol. The molecule has 0 aromatic heterocycles. The summed E-state index contributed by atoms with van der Waals surface area (Å²) in [4.78, 5) is 1.59. The van der Waals surface area contributed by atoms with E-state index in [0.29, 0.717) is 11.3 Å². The van der Waals surface area contributed by atoms with Crippen molar-refractivity contribution in [1.82, 2.24) is 0 Å². The van der Waals surface area contributed by atoms with Gasteiger partial charge in [-0.3, -0.25) is 0 Å². The summed E-state index contributed by atoms with van der Waals surface area (Å²) in [7, 11) is 0. The lowest BCUT2D eigenvalue weighted by molar-refractivity contribution is 0.162. The Morgan fingerprint density at radius 3 is 2.75 bits per heavy atom. The van der Waals surface area contributed by atoms with Crippen molar-refractivity contribution in [1.29, 1.82) is 0 Å². The van der Waals surface area contributed by atoms with E-state index in [1.165, 1.54) is 0 Å². The highest BCUT2D eigenvalue weighted by molar-refractivity contribution is 9.13. The Balaban J connectivity index is 3.12. The summed E-state index contributed by atoms with van der Waals surface area (Å²) in [6.07, 6.45) is 0. The molecule has 0 rings (SSSR count). The maximum Gasteiger partial charge on any atom is 0.169 e. The van der Waals surface area contributed by atoms with Crippen LogP contribution in [0.1, 0.15) is 0 Å². The van der Waals surface area contributed by atoms with Crippen LogP contribution in [-0.4, -0.2) is 18.3 Å². The van der Waals surface area contributed by atoms with Crippen LogP contribution in [0.4, 0.5) is 0 Å². The molecule has 2 nitrogen and oxygen atoms in total. The lowest BCUT2D eigenvalue weighted by atomic mass is 10.8. The molecule has 0 heterocycles. The molecule has 0 aromatic rings. The monoisotopic (exact) mass is 244 g/mol. The molecular formula is C4H6Br2O2. The number of aliphatic hydroxyl groups excluding tert-OH is 1. The molecule has 0 saturated carbocycles. The van der Waals surface area contributed by atoms with Crippen molar-refractivity contribution in [2.75, 3.05) is 13.2 Å². The Morgan fingerprint density at radius 1 is 1.75 bits per heavy atom. The Labute approximate surface area is 64.8 Å². The van der Waals surface area contributed by atoms with Gasteiger partial charge in [0.25, 0.3) is 0 Å². The van der Waals surface area contributed by atoms with E-state index in [2.05, 4.69) is 31.9 Å². The number of aliphatic hydroxyl groups is 1. The predicted molar refractivity (Wildman–Crippen MR) is 39.0 cm³/mol. The topological polar surface area (TPSA) is 29.5 Å². The minimum Gasteiger partial charge on any atom is -0.484 e. The van der Waals surface area contributed by atoms with Crippen molar-refractivity contribution in [2.45, 2.75) is 0 Å². The molecule has 4 heteroatoms. The summed E-state index contributed by atoms with van der Waals surface area (Å²) in [5.41, 5.74) is 0. The van der Waals surface area contributed by atoms with E-state index >= 15 is 0 Å². The molecule has 0 bridgehead atoms. The number of rotatable bonds is 3. The first-order chi connectivity index (χ1) is 3.81. The third-order valence-electron chi connectivity index (χ3n) is 0.417. The Bertz CT molecular complexity index is 82.1. The van der Waals surface area contributed by atoms with Crippen LogP contribution in [0.15, 0.2) is 9.65 Å². The van der Waals surface area contributed by atoms with Crippen molar-refractivity contribution in [3.8, 4) is 0 Å². The Morgan fingerprint density at radius 2 is 2.38 bits per heavy atom. The summed E-state index contributed by atoms with van der Waals surface area (Å²) in [5, 5.41) is 8.22. The second-order valence-electron chi connectivity index (χ2n) is 0.985. The minimum absolute atomic E-state index is 0.0376. The standard InChI is InChI=1S/C4H6Br2O2/c5-3-4(6)8-2-1-7/h3,7H,1-2H2.